The highest BCUT2D eigenvalue weighted by Crippen LogP contribution is 2.26. The van der Waals surface area contributed by atoms with Crippen LogP contribution in [0.15, 0.2) is 64.0 Å². The van der Waals surface area contributed by atoms with Gasteiger partial charge in [-0.1, -0.05) is 46.3 Å². The lowest BCUT2D eigenvalue weighted by Crippen LogP contribution is -2.35. The molecule has 32 heavy (non-hydrogen) atoms. The smallest absolute Gasteiger partial charge is 0.243 e. The molecule has 8 heteroatoms. The zero-order valence-electron chi connectivity index (χ0n) is 18.3. The molecule has 2 heterocycles. The molecule has 3 aromatic rings. The highest BCUT2D eigenvalue weighted by molar-refractivity contribution is 9.10. The lowest BCUT2D eigenvalue weighted by Gasteiger charge is -2.26. The predicted octanol–water partition coefficient (Wildman–Crippen LogP) is 4.35. The van der Waals surface area contributed by atoms with Gasteiger partial charge in [0.05, 0.1) is 4.90 Å². The molecule has 1 aliphatic heterocycles. The normalized spacial score (nSPS) is 15.5. The van der Waals surface area contributed by atoms with Crippen molar-refractivity contribution in [2.45, 2.75) is 31.6 Å². The Bertz CT molecular complexity index is 1180. The van der Waals surface area contributed by atoms with E-state index < -0.39 is 10.0 Å². The number of hydrogen-bond donors (Lipinski definition) is 0. The van der Waals surface area contributed by atoms with Crippen LogP contribution in [0.25, 0.3) is 0 Å². The van der Waals surface area contributed by atoms with Crippen LogP contribution >= 0.6 is 15.9 Å². The number of aryl methyl sites for hydroxylation is 2. The van der Waals surface area contributed by atoms with Gasteiger partial charge in [-0.25, -0.2) is 18.4 Å². The molecule has 0 bridgehead atoms. The number of aromatic nitrogens is 2. The largest absolute Gasteiger partial charge is 0.355 e. The maximum Gasteiger partial charge on any atom is 0.243 e. The summed E-state index contributed by atoms with van der Waals surface area (Å²) < 4.78 is 28.8. The molecule has 1 aliphatic rings. The first-order valence-electron chi connectivity index (χ1n) is 10.7. The van der Waals surface area contributed by atoms with Gasteiger partial charge < -0.3 is 4.90 Å². The highest BCUT2D eigenvalue weighted by atomic mass is 79.9. The monoisotopic (exact) mass is 514 g/mol. The maximum atomic E-state index is 13.2. The molecule has 2 aromatic carbocycles. The Morgan fingerprint density at radius 2 is 1.62 bits per heavy atom. The van der Waals surface area contributed by atoms with Crippen LogP contribution in [-0.4, -0.2) is 48.9 Å². The molecule has 0 atom stereocenters. The SMILES string of the molecule is Cc1nc(C)c(Cc2ccccc2)c(N2CCCN(S(=O)(=O)c3ccc(Br)cc3)CC2)n1. The van der Waals surface area contributed by atoms with Crippen molar-refractivity contribution in [3.63, 3.8) is 0 Å². The number of nitrogens with zero attached hydrogens (tertiary/aromatic N) is 4. The Hall–Kier alpha value is -2.29. The topological polar surface area (TPSA) is 66.4 Å². The van der Waals surface area contributed by atoms with Gasteiger partial charge in [-0.3, -0.25) is 0 Å². The van der Waals surface area contributed by atoms with E-state index in [-0.39, 0.29) is 0 Å². The Morgan fingerprint density at radius 1 is 0.906 bits per heavy atom. The first-order chi connectivity index (χ1) is 15.3. The van der Waals surface area contributed by atoms with E-state index in [1.54, 1.807) is 28.6 Å². The average molecular weight is 515 g/mol. The van der Waals surface area contributed by atoms with Crippen LogP contribution in [0.5, 0.6) is 0 Å². The second kappa shape index (κ2) is 9.68. The van der Waals surface area contributed by atoms with Gasteiger partial charge in [0.15, 0.2) is 0 Å². The van der Waals surface area contributed by atoms with Crippen LogP contribution in [0.3, 0.4) is 0 Å². The number of halogens is 1. The summed E-state index contributed by atoms with van der Waals surface area (Å²) >= 11 is 3.37. The number of anilines is 1. The number of sulfonamides is 1. The van der Waals surface area contributed by atoms with Crippen molar-refractivity contribution >= 4 is 31.8 Å². The molecule has 4 rings (SSSR count). The Labute approximate surface area is 198 Å². The molecule has 6 nitrogen and oxygen atoms in total. The van der Waals surface area contributed by atoms with Crippen LogP contribution in [-0.2, 0) is 16.4 Å². The molecule has 0 aliphatic carbocycles. The van der Waals surface area contributed by atoms with Crippen LogP contribution in [0.4, 0.5) is 5.82 Å². The second-order valence-electron chi connectivity index (χ2n) is 8.02. The quantitative estimate of drug-likeness (QED) is 0.506. The maximum absolute atomic E-state index is 13.2. The molecule has 0 spiro atoms. The average Bonchev–Trinajstić information content (AvgIpc) is 3.03. The van der Waals surface area contributed by atoms with E-state index in [1.807, 2.05) is 32.0 Å². The van der Waals surface area contributed by atoms with Crippen molar-refractivity contribution in [2.75, 3.05) is 31.1 Å². The molecular weight excluding hydrogens is 488 g/mol. The van der Waals surface area contributed by atoms with Gasteiger partial charge in [0, 0.05) is 48.3 Å². The summed E-state index contributed by atoms with van der Waals surface area (Å²) in [6.45, 7) is 6.19. The van der Waals surface area contributed by atoms with Gasteiger partial charge >= 0.3 is 0 Å². The fraction of sp³-hybridized carbons (Fsp3) is 0.333. The summed E-state index contributed by atoms with van der Waals surface area (Å²) in [4.78, 5) is 11.9. The molecule has 1 fully saturated rings. The van der Waals surface area contributed by atoms with Crippen molar-refractivity contribution in [1.29, 1.82) is 0 Å². The summed E-state index contributed by atoms with van der Waals surface area (Å²) in [6, 6.07) is 17.1. The lowest BCUT2D eigenvalue weighted by atomic mass is 10.0. The molecular formula is C24H27BrN4O2S. The first kappa shape index (κ1) is 22.9. The third-order valence-corrected chi connectivity index (χ3v) is 8.17. The van der Waals surface area contributed by atoms with Crippen LogP contribution in [0.1, 0.15) is 29.1 Å². The zero-order valence-corrected chi connectivity index (χ0v) is 20.7. The van der Waals surface area contributed by atoms with E-state index in [0.29, 0.717) is 24.5 Å². The summed E-state index contributed by atoms with van der Waals surface area (Å²) in [5.41, 5.74) is 3.28. The van der Waals surface area contributed by atoms with Crippen molar-refractivity contribution in [3.8, 4) is 0 Å². The Morgan fingerprint density at radius 3 is 2.34 bits per heavy atom. The highest BCUT2D eigenvalue weighted by Gasteiger charge is 2.28. The van der Waals surface area contributed by atoms with E-state index in [1.165, 1.54) is 5.56 Å². The van der Waals surface area contributed by atoms with Gasteiger partial charge in [-0.2, -0.15) is 4.31 Å². The minimum Gasteiger partial charge on any atom is -0.355 e. The van der Waals surface area contributed by atoms with Crippen molar-refractivity contribution in [3.05, 3.63) is 81.7 Å². The Kier molecular flexibility index (Phi) is 6.93. The molecule has 0 amide bonds. The summed E-state index contributed by atoms with van der Waals surface area (Å²) in [6.07, 6.45) is 1.49. The molecule has 0 unspecified atom stereocenters. The lowest BCUT2D eigenvalue weighted by molar-refractivity contribution is 0.433. The minimum absolute atomic E-state index is 0.327. The fourth-order valence-electron chi connectivity index (χ4n) is 4.09. The van der Waals surface area contributed by atoms with Crippen molar-refractivity contribution in [1.82, 2.24) is 14.3 Å². The van der Waals surface area contributed by atoms with Crippen molar-refractivity contribution in [2.24, 2.45) is 0 Å². The standard InChI is InChI=1S/C24H27BrN4O2S/c1-18-23(17-20-7-4-3-5-8-20)24(27-19(2)26-18)28-13-6-14-29(16-15-28)32(30,31)22-11-9-21(25)10-12-22/h3-5,7-12H,6,13-17H2,1-2H3. The van der Waals surface area contributed by atoms with Crippen LogP contribution in [0, 0.1) is 13.8 Å². The van der Waals surface area contributed by atoms with Crippen molar-refractivity contribution < 1.29 is 8.42 Å². The van der Waals surface area contributed by atoms with Gasteiger partial charge in [0.2, 0.25) is 10.0 Å². The van der Waals surface area contributed by atoms with E-state index >= 15 is 0 Å². The molecule has 1 aromatic heterocycles. The number of rotatable bonds is 5. The van der Waals surface area contributed by atoms with Gasteiger partial charge in [0.1, 0.15) is 11.6 Å². The van der Waals surface area contributed by atoms with E-state index in [9.17, 15) is 8.42 Å². The van der Waals surface area contributed by atoms with Gasteiger partial charge in [-0.05, 0) is 50.1 Å². The van der Waals surface area contributed by atoms with Crippen LogP contribution < -0.4 is 4.90 Å². The molecule has 168 valence electrons. The minimum atomic E-state index is -3.53. The summed E-state index contributed by atoms with van der Waals surface area (Å²) in [5.74, 6) is 1.65. The molecule has 0 N–H and O–H groups in total. The number of hydrogen-bond acceptors (Lipinski definition) is 5. The Balaban J connectivity index is 1.59. The predicted molar refractivity (Wildman–Crippen MR) is 130 cm³/mol. The molecule has 0 saturated carbocycles. The fourth-order valence-corrected chi connectivity index (χ4v) is 5.82. The summed E-state index contributed by atoms with van der Waals surface area (Å²) in [5, 5.41) is 0. The third-order valence-electron chi connectivity index (χ3n) is 5.73. The van der Waals surface area contributed by atoms with Gasteiger partial charge in [-0.15, -0.1) is 0 Å². The summed E-state index contributed by atoms with van der Waals surface area (Å²) in [7, 11) is -3.53. The van der Waals surface area contributed by atoms with Crippen LogP contribution in [0.2, 0.25) is 0 Å². The zero-order chi connectivity index (χ0) is 22.7. The van der Waals surface area contributed by atoms with E-state index in [0.717, 1.165) is 46.8 Å². The second-order valence-corrected chi connectivity index (χ2v) is 10.9. The van der Waals surface area contributed by atoms with E-state index in [4.69, 9.17) is 4.98 Å². The van der Waals surface area contributed by atoms with E-state index in [2.05, 4.69) is 37.9 Å². The molecule has 0 radical (unpaired) electrons. The molecule has 1 saturated heterocycles. The first-order valence-corrected chi connectivity index (χ1v) is 13.0. The third kappa shape index (κ3) is 5.03. The van der Waals surface area contributed by atoms with Gasteiger partial charge in [0.25, 0.3) is 0 Å². The number of benzene rings is 2.